The number of fused-ring (bicyclic) bond motifs is 1. The van der Waals surface area contributed by atoms with Gasteiger partial charge < -0.3 is 4.42 Å². The van der Waals surface area contributed by atoms with Gasteiger partial charge in [-0.05, 0) is 12.1 Å². The Hall–Kier alpha value is -1.87. The van der Waals surface area contributed by atoms with Crippen LogP contribution in [0.4, 0.5) is 0 Å². The van der Waals surface area contributed by atoms with Crippen molar-refractivity contribution in [2.75, 3.05) is 6.26 Å². The fraction of sp³-hybridized carbons (Fsp3) is 0.0667. The second kappa shape index (κ2) is 4.42. The molecule has 90 valence electrons. The van der Waals surface area contributed by atoms with Gasteiger partial charge in [-0.2, -0.15) is 0 Å². The molecule has 0 saturated carbocycles. The van der Waals surface area contributed by atoms with E-state index in [1.54, 1.807) is 6.26 Å². The molecule has 0 saturated heterocycles. The van der Waals surface area contributed by atoms with Gasteiger partial charge in [-0.1, -0.05) is 42.5 Å². The molecule has 3 heteroatoms. The van der Waals surface area contributed by atoms with Crippen molar-refractivity contribution in [1.82, 2.24) is 0 Å². The predicted molar refractivity (Wildman–Crippen MR) is 74.0 cm³/mol. The Bertz CT molecular complexity index is 714. The minimum atomic E-state index is -1.08. The van der Waals surface area contributed by atoms with Crippen LogP contribution in [-0.4, -0.2) is 10.5 Å². The zero-order valence-corrected chi connectivity index (χ0v) is 10.7. The third-order valence-corrected chi connectivity index (χ3v) is 3.85. The SMILES string of the molecule is CS(=O)c1c(-c2ccccc2)oc2ccccc12. The number of furan rings is 1. The first kappa shape index (κ1) is 11.2. The highest BCUT2D eigenvalue weighted by Gasteiger charge is 2.17. The first-order valence-electron chi connectivity index (χ1n) is 5.68. The van der Waals surface area contributed by atoms with Crippen LogP contribution in [0.1, 0.15) is 0 Å². The van der Waals surface area contributed by atoms with E-state index >= 15 is 0 Å². The minimum Gasteiger partial charge on any atom is -0.455 e. The third kappa shape index (κ3) is 1.77. The van der Waals surface area contributed by atoms with Crippen LogP contribution in [0, 0.1) is 0 Å². The zero-order valence-electron chi connectivity index (χ0n) is 9.92. The van der Waals surface area contributed by atoms with Gasteiger partial charge in [0.2, 0.25) is 0 Å². The molecule has 3 rings (SSSR count). The van der Waals surface area contributed by atoms with E-state index in [4.69, 9.17) is 4.42 Å². The van der Waals surface area contributed by atoms with Crippen LogP contribution < -0.4 is 0 Å². The lowest BCUT2D eigenvalue weighted by Crippen LogP contribution is -1.88. The largest absolute Gasteiger partial charge is 0.455 e. The van der Waals surface area contributed by atoms with Gasteiger partial charge in [-0.15, -0.1) is 0 Å². The highest BCUT2D eigenvalue weighted by atomic mass is 32.2. The van der Waals surface area contributed by atoms with Gasteiger partial charge in [0, 0.05) is 17.2 Å². The molecule has 0 aliphatic rings. The number of benzene rings is 2. The van der Waals surface area contributed by atoms with Crippen LogP contribution in [0.15, 0.2) is 63.9 Å². The topological polar surface area (TPSA) is 30.2 Å². The summed E-state index contributed by atoms with van der Waals surface area (Å²) in [6, 6.07) is 17.5. The average Bonchev–Trinajstić information content (AvgIpc) is 2.79. The Morgan fingerprint density at radius 2 is 1.61 bits per heavy atom. The molecular weight excluding hydrogens is 244 g/mol. The summed E-state index contributed by atoms with van der Waals surface area (Å²) in [5, 5.41) is 0.928. The Kier molecular flexibility index (Phi) is 2.76. The maximum atomic E-state index is 12.0. The minimum absolute atomic E-state index is 0.706. The Morgan fingerprint density at radius 3 is 2.33 bits per heavy atom. The molecule has 0 amide bonds. The molecule has 1 heterocycles. The van der Waals surface area contributed by atoms with Crippen molar-refractivity contribution in [1.29, 1.82) is 0 Å². The number of rotatable bonds is 2. The molecule has 0 bridgehead atoms. The number of hydrogen-bond acceptors (Lipinski definition) is 2. The molecule has 1 aromatic heterocycles. The highest BCUT2D eigenvalue weighted by molar-refractivity contribution is 7.84. The van der Waals surface area contributed by atoms with Gasteiger partial charge in [0.15, 0.2) is 5.76 Å². The molecular formula is C15H12O2S. The highest BCUT2D eigenvalue weighted by Crippen LogP contribution is 2.35. The van der Waals surface area contributed by atoms with Crippen molar-refractivity contribution in [2.45, 2.75) is 4.90 Å². The summed E-state index contributed by atoms with van der Waals surface area (Å²) in [6.45, 7) is 0. The summed E-state index contributed by atoms with van der Waals surface area (Å²) in [6.07, 6.45) is 1.68. The average molecular weight is 256 g/mol. The van der Waals surface area contributed by atoms with Gasteiger partial charge in [0.1, 0.15) is 5.58 Å². The molecule has 0 aliphatic carbocycles. The van der Waals surface area contributed by atoms with Crippen molar-refractivity contribution in [3.05, 3.63) is 54.6 Å². The molecule has 0 aliphatic heterocycles. The first-order chi connectivity index (χ1) is 8.77. The summed E-state index contributed by atoms with van der Waals surface area (Å²) in [7, 11) is -1.08. The second-order valence-electron chi connectivity index (χ2n) is 4.08. The number of para-hydroxylation sites is 1. The van der Waals surface area contributed by atoms with E-state index in [0.29, 0.717) is 5.76 Å². The van der Waals surface area contributed by atoms with Crippen LogP contribution >= 0.6 is 0 Å². The normalized spacial score (nSPS) is 12.7. The molecule has 0 fully saturated rings. The molecule has 0 N–H and O–H groups in total. The van der Waals surface area contributed by atoms with Crippen molar-refractivity contribution in [2.24, 2.45) is 0 Å². The Morgan fingerprint density at radius 1 is 0.944 bits per heavy atom. The summed E-state index contributed by atoms with van der Waals surface area (Å²) in [5.41, 5.74) is 1.74. The van der Waals surface area contributed by atoms with E-state index in [-0.39, 0.29) is 0 Å². The van der Waals surface area contributed by atoms with Crippen LogP contribution in [0.3, 0.4) is 0 Å². The van der Waals surface area contributed by atoms with Gasteiger partial charge in [0.05, 0.1) is 15.7 Å². The summed E-state index contributed by atoms with van der Waals surface area (Å²) < 4.78 is 17.8. The standard InChI is InChI=1S/C15H12O2S/c1-18(16)15-12-9-5-6-10-13(12)17-14(15)11-7-3-2-4-8-11/h2-10H,1H3. The maximum Gasteiger partial charge on any atom is 0.151 e. The van der Waals surface area contributed by atoms with Crippen LogP contribution in [0.2, 0.25) is 0 Å². The molecule has 0 radical (unpaired) electrons. The predicted octanol–water partition coefficient (Wildman–Crippen LogP) is 3.84. The molecule has 3 aromatic rings. The lowest BCUT2D eigenvalue weighted by Gasteiger charge is -1.99. The fourth-order valence-electron chi connectivity index (χ4n) is 2.09. The lowest BCUT2D eigenvalue weighted by molar-refractivity contribution is 0.622. The van der Waals surface area contributed by atoms with Crippen LogP contribution in [-0.2, 0) is 10.8 Å². The maximum absolute atomic E-state index is 12.0. The van der Waals surface area contributed by atoms with Crippen molar-refractivity contribution in [3.63, 3.8) is 0 Å². The van der Waals surface area contributed by atoms with Crippen molar-refractivity contribution >= 4 is 21.8 Å². The van der Waals surface area contributed by atoms with E-state index in [0.717, 1.165) is 21.4 Å². The van der Waals surface area contributed by atoms with Crippen LogP contribution in [0.5, 0.6) is 0 Å². The zero-order chi connectivity index (χ0) is 12.5. The van der Waals surface area contributed by atoms with Gasteiger partial charge >= 0.3 is 0 Å². The van der Waals surface area contributed by atoms with Gasteiger partial charge in [0.25, 0.3) is 0 Å². The monoisotopic (exact) mass is 256 g/mol. The smallest absolute Gasteiger partial charge is 0.151 e. The molecule has 1 unspecified atom stereocenters. The summed E-state index contributed by atoms with van der Waals surface area (Å²) in [4.78, 5) is 0.775. The van der Waals surface area contributed by atoms with Gasteiger partial charge in [-0.25, -0.2) is 0 Å². The quantitative estimate of drug-likeness (QED) is 0.697. The lowest BCUT2D eigenvalue weighted by atomic mass is 10.1. The van der Waals surface area contributed by atoms with E-state index in [2.05, 4.69) is 0 Å². The Balaban J connectivity index is 2.36. The molecule has 1 atom stereocenters. The molecule has 2 aromatic carbocycles. The second-order valence-corrected chi connectivity index (χ2v) is 5.39. The summed E-state index contributed by atoms with van der Waals surface area (Å²) in [5.74, 6) is 0.706. The third-order valence-electron chi connectivity index (χ3n) is 2.87. The van der Waals surface area contributed by atoms with E-state index in [1.165, 1.54) is 0 Å². The van der Waals surface area contributed by atoms with Gasteiger partial charge in [-0.3, -0.25) is 4.21 Å². The number of hydrogen-bond donors (Lipinski definition) is 0. The molecule has 2 nitrogen and oxygen atoms in total. The molecule has 18 heavy (non-hydrogen) atoms. The van der Waals surface area contributed by atoms with Crippen LogP contribution in [0.25, 0.3) is 22.3 Å². The summed E-state index contributed by atoms with van der Waals surface area (Å²) >= 11 is 0. The Labute approximate surface area is 108 Å². The van der Waals surface area contributed by atoms with E-state index in [9.17, 15) is 4.21 Å². The fourth-order valence-corrected chi connectivity index (χ4v) is 2.99. The van der Waals surface area contributed by atoms with Crippen molar-refractivity contribution in [3.8, 4) is 11.3 Å². The van der Waals surface area contributed by atoms with Crippen molar-refractivity contribution < 1.29 is 8.63 Å². The van der Waals surface area contributed by atoms with E-state index < -0.39 is 10.8 Å². The molecule has 0 spiro atoms. The van der Waals surface area contributed by atoms with E-state index in [1.807, 2.05) is 54.6 Å². The first-order valence-corrected chi connectivity index (χ1v) is 7.23.